The highest BCUT2D eigenvalue weighted by atomic mass is 16.5. The van der Waals surface area contributed by atoms with Gasteiger partial charge in [-0.25, -0.2) is 0 Å². The molecule has 1 unspecified atom stereocenters. The number of methoxy groups -OCH3 is 1. The van der Waals surface area contributed by atoms with E-state index in [0.717, 1.165) is 17.7 Å². The van der Waals surface area contributed by atoms with Gasteiger partial charge in [0.05, 0.1) is 26.2 Å². The third kappa shape index (κ3) is 3.28. The van der Waals surface area contributed by atoms with Crippen LogP contribution in [0.2, 0.25) is 0 Å². The summed E-state index contributed by atoms with van der Waals surface area (Å²) in [4.78, 5) is 11.9. The van der Waals surface area contributed by atoms with E-state index in [-0.39, 0.29) is 11.8 Å². The van der Waals surface area contributed by atoms with Crippen LogP contribution in [0.1, 0.15) is 12.1 Å². The molecule has 1 aromatic heterocycles. The summed E-state index contributed by atoms with van der Waals surface area (Å²) in [6.45, 7) is 1.50. The average molecular weight is 302 g/mol. The third-order valence-electron chi connectivity index (χ3n) is 3.66. The maximum absolute atomic E-state index is 11.9. The van der Waals surface area contributed by atoms with Crippen LogP contribution < -0.4 is 10.1 Å². The Morgan fingerprint density at radius 2 is 2.36 bits per heavy atom. The number of ether oxygens (including phenoxy) is 2. The zero-order valence-electron chi connectivity index (χ0n) is 12.4. The first-order chi connectivity index (χ1) is 10.8. The fourth-order valence-electron chi connectivity index (χ4n) is 2.37. The number of aromatic nitrogens is 1. The first kappa shape index (κ1) is 14.6. The van der Waals surface area contributed by atoms with Crippen molar-refractivity contribution in [1.29, 1.82) is 0 Å². The van der Waals surface area contributed by atoms with Crippen LogP contribution in [0.15, 0.2) is 34.9 Å². The predicted octanol–water partition coefficient (Wildman–Crippen LogP) is 2.00. The number of carbonyl (C=O) groups is 1. The van der Waals surface area contributed by atoms with E-state index in [1.54, 1.807) is 7.11 Å². The van der Waals surface area contributed by atoms with Crippen molar-refractivity contribution in [2.24, 2.45) is 5.92 Å². The summed E-state index contributed by atoms with van der Waals surface area (Å²) in [5.74, 6) is 1.35. The molecule has 0 bridgehead atoms. The zero-order valence-corrected chi connectivity index (χ0v) is 12.4. The lowest BCUT2D eigenvalue weighted by molar-refractivity contribution is -0.125. The lowest BCUT2D eigenvalue weighted by Crippen LogP contribution is -2.30. The van der Waals surface area contributed by atoms with Crippen molar-refractivity contribution in [2.75, 3.05) is 20.3 Å². The molecule has 1 N–H and O–H groups in total. The van der Waals surface area contributed by atoms with Crippen molar-refractivity contribution in [3.8, 4) is 17.1 Å². The number of rotatable bonds is 5. The molecular formula is C16H18N2O4. The minimum absolute atomic E-state index is 0.00318. The topological polar surface area (TPSA) is 73.6 Å². The smallest absolute Gasteiger partial charge is 0.225 e. The lowest BCUT2D eigenvalue weighted by Gasteiger charge is -2.07. The zero-order chi connectivity index (χ0) is 15.4. The molecule has 1 aromatic carbocycles. The van der Waals surface area contributed by atoms with Gasteiger partial charge in [0.2, 0.25) is 5.91 Å². The molecule has 0 saturated carbocycles. The van der Waals surface area contributed by atoms with E-state index in [0.29, 0.717) is 31.2 Å². The molecule has 116 valence electrons. The molecule has 0 spiro atoms. The molecule has 2 aromatic rings. The summed E-state index contributed by atoms with van der Waals surface area (Å²) >= 11 is 0. The van der Waals surface area contributed by atoms with Gasteiger partial charge in [0, 0.05) is 18.2 Å². The fourth-order valence-corrected chi connectivity index (χ4v) is 2.37. The highest BCUT2D eigenvalue weighted by Crippen LogP contribution is 2.24. The largest absolute Gasteiger partial charge is 0.497 e. The molecule has 1 amide bonds. The van der Waals surface area contributed by atoms with E-state index in [1.165, 1.54) is 0 Å². The quantitative estimate of drug-likeness (QED) is 0.914. The van der Waals surface area contributed by atoms with Crippen LogP contribution in [0.5, 0.6) is 5.75 Å². The second kappa shape index (κ2) is 6.62. The van der Waals surface area contributed by atoms with Crippen molar-refractivity contribution in [3.63, 3.8) is 0 Å². The summed E-state index contributed by atoms with van der Waals surface area (Å²) in [7, 11) is 1.62. The van der Waals surface area contributed by atoms with Gasteiger partial charge in [0.25, 0.3) is 0 Å². The Morgan fingerprint density at radius 3 is 3.14 bits per heavy atom. The molecule has 6 nitrogen and oxygen atoms in total. The fraction of sp³-hybridized carbons (Fsp3) is 0.375. The van der Waals surface area contributed by atoms with Crippen LogP contribution in [0, 0.1) is 5.92 Å². The van der Waals surface area contributed by atoms with Gasteiger partial charge in [0.1, 0.15) is 11.4 Å². The number of amides is 1. The van der Waals surface area contributed by atoms with Crippen LogP contribution in [0.4, 0.5) is 0 Å². The Bertz CT molecular complexity index is 647. The van der Waals surface area contributed by atoms with E-state index >= 15 is 0 Å². The number of carbonyl (C=O) groups excluding carboxylic acids is 1. The minimum atomic E-state index is -0.0512. The molecule has 0 radical (unpaired) electrons. The minimum Gasteiger partial charge on any atom is -0.497 e. The lowest BCUT2D eigenvalue weighted by atomic mass is 10.1. The molecule has 1 atom stereocenters. The molecule has 0 aliphatic carbocycles. The van der Waals surface area contributed by atoms with Crippen molar-refractivity contribution in [2.45, 2.75) is 13.0 Å². The first-order valence-corrected chi connectivity index (χ1v) is 7.22. The highest BCUT2D eigenvalue weighted by molar-refractivity contribution is 5.78. The third-order valence-corrected chi connectivity index (χ3v) is 3.66. The van der Waals surface area contributed by atoms with Crippen molar-refractivity contribution in [1.82, 2.24) is 10.5 Å². The second-order valence-corrected chi connectivity index (χ2v) is 5.19. The number of nitrogens with one attached hydrogen (secondary N) is 1. The van der Waals surface area contributed by atoms with Gasteiger partial charge in [-0.05, 0) is 18.6 Å². The van der Waals surface area contributed by atoms with Crippen LogP contribution in [0.3, 0.4) is 0 Å². The van der Waals surface area contributed by atoms with Crippen LogP contribution in [-0.2, 0) is 16.1 Å². The number of hydrogen-bond donors (Lipinski definition) is 1. The molecule has 6 heteroatoms. The number of hydrogen-bond acceptors (Lipinski definition) is 5. The normalized spacial score (nSPS) is 17.4. The molecule has 1 fully saturated rings. The first-order valence-electron chi connectivity index (χ1n) is 7.22. The van der Waals surface area contributed by atoms with Crippen molar-refractivity contribution < 1.29 is 18.8 Å². The van der Waals surface area contributed by atoms with Crippen LogP contribution >= 0.6 is 0 Å². The molecule has 2 heterocycles. The summed E-state index contributed by atoms with van der Waals surface area (Å²) in [5.41, 5.74) is 1.57. The molecule has 1 aliphatic rings. The van der Waals surface area contributed by atoms with E-state index in [4.69, 9.17) is 14.0 Å². The van der Waals surface area contributed by atoms with Gasteiger partial charge in [0.15, 0.2) is 5.76 Å². The molecule has 22 heavy (non-hydrogen) atoms. The Labute approximate surface area is 128 Å². The van der Waals surface area contributed by atoms with Crippen molar-refractivity contribution >= 4 is 5.91 Å². The summed E-state index contributed by atoms with van der Waals surface area (Å²) in [5, 5.41) is 6.85. The van der Waals surface area contributed by atoms with Crippen LogP contribution in [-0.4, -0.2) is 31.4 Å². The summed E-state index contributed by atoms with van der Waals surface area (Å²) < 4.78 is 15.7. The Kier molecular flexibility index (Phi) is 4.39. The Morgan fingerprint density at radius 1 is 1.45 bits per heavy atom. The Hall–Kier alpha value is -2.34. The maximum Gasteiger partial charge on any atom is 0.225 e. The SMILES string of the molecule is COc1cccc(-c2cc(CNC(=O)C3CCOC3)no2)c1. The van der Waals surface area contributed by atoms with E-state index in [1.807, 2.05) is 30.3 Å². The van der Waals surface area contributed by atoms with Crippen molar-refractivity contribution in [3.05, 3.63) is 36.0 Å². The second-order valence-electron chi connectivity index (χ2n) is 5.19. The van der Waals surface area contributed by atoms with Gasteiger partial charge < -0.3 is 19.3 Å². The monoisotopic (exact) mass is 302 g/mol. The van der Waals surface area contributed by atoms with Gasteiger partial charge in [-0.1, -0.05) is 17.3 Å². The van der Waals surface area contributed by atoms with Gasteiger partial charge in [-0.15, -0.1) is 0 Å². The van der Waals surface area contributed by atoms with Gasteiger partial charge in [-0.3, -0.25) is 4.79 Å². The maximum atomic E-state index is 11.9. The Balaban J connectivity index is 1.62. The van der Waals surface area contributed by atoms with E-state index in [9.17, 15) is 4.79 Å². The molecule has 1 saturated heterocycles. The van der Waals surface area contributed by atoms with E-state index in [2.05, 4.69) is 10.5 Å². The highest BCUT2D eigenvalue weighted by Gasteiger charge is 2.23. The number of benzene rings is 1. The average Bonchev–Trinajstić information content (AvgIpc) is 3.24. The standard InChI is InChI=1S/C16H18N2O4/c1-20-14-4-2-3-11(7-14)15-8-13(18-22-15)9-17-16(19)12-5-6-21-10-12/h2-4,7-8,12H,5-6,9-10H2,1H3,(H,17,19). The predicted molar refractivity (Wildman–Crippen MR) is 79.3 cm³/mol. The van der Waals surface area contributed by atoms with Gasteiger partial charge >= 0.3 is 0 Å². The molecule has 3 rings (SSSR count). The number of nitrogens with zero attached hydrogens (tertiary/aromatic N) is 1. The molecular weight excluding hydrogens is 284 g/mol. The van der Waals surface area contributed by atoms with Gasteiger partial charge in [-0.2, -0.15) is 0 Å². The molecule has 1 aliphatic heterocycles. The summed E-state index contributed by atoms with van der Waals surface area (Å²) in [6, 6.07) is 9.36. The van der Waals surface area contributed by atoms with Crippen LogP contribution in [0.25, 0.3) is 11.3 Å². The van der Waals surface area contributed by atoms with E-state index < -0.39 is 0 Å². The summed E-state index contributed by atoms with van der Waals surface area (Å²) in [6.07, 6.45) is 0.777.